The maximum absolute atomic E-state index is 11.0. The smallest absolute Gasteiger partial charge is 0.217 e. The number of fused-ring (bicyclic) bond motifs is 1. The summed E-state index contributed by atoms with van der Waals surface area (Å²) in [5, 5.41) is 2.89. The number of nitrogens with one attached hydrogen (secondary N) is 1. The summed E-state index contributed by atoms with van der Waals surface area (Å²) in [6.07, 6.45) is 0.788. The lowest BCUT2D eigenvalue weighted by molar-refractivity contribution is -0.119. The van der Waals surface area contributed by atoms with E-state index in [1.165, 1.54) is 6.92 Å². The van der Waals surface area contributed by atoms with Crippen LogP contribution in [0, 0.1) is 0 Å². The zero-order valence-electron chi connectivity index (χ0n) is 8.62. The Morgan fingerprint density at radius 2 is 2.40 bits per heavy atom. The van der Waals surface area contributed by atoms with E-state index in [0.717, 1.165) is 17.7 Å². The molecule has 4 heteroatoms. The van der Waals surface area contributed by atoms with Crippen LogP contribution in [0.15, 0.2) is 18.2 Å². The molecule has 15 heavy (non-hydrogen) atoms. The van der Waals surface area contributed by atoms with E-state index in [1.807, 2.05) is 12.1 Å². The van der Waals surface area contributed by atoms with Crippen molar-refractivity contribution in [3.8, 4) is 5.75 Å². The zero-order chi connectivity index (χ0) is 10.8. The van der Waals surface area contributed by atoms with Crippen LogP contribution in [-0.4, -0.2) is 12.5 Å². The Bertz CT molecular complexity index is 390. The lowest BCUT2D eigenvalue weighted by Gasteiger charge is -2.26. The van der Waals surface area contributed by atoms with Gasteiger partial charge in [0.25, 0.3) is 0 Å². The first-order chi connectivity index (χ1) is 7.16. The molecule has 1 aliphatic rings. The lowest BCUT2D eigenvalue weighted by Crippen LogP contribution is -2.30. The summed E-state index contributed by atoms with van der Waals surface area (Å²) in [5.74, 6) is 0.782. The van der Waals surface area contributed by atoms with Crippen molar-refractivity contribution in [3.05, 3.63) is 23.8 Å². The fraction of sp³-hybridized carbons (Fsp3) is 0.364. The number of hydrogen-bond donors (Lipinski definition) is 2. The van der Waals surface area contributed by atoms with Crippen LogP contribution in [0.1, 0.15) is 24.9 Å². The third kappa shape index (κ3) is 2.03. The molecular weight excluding hydrogens is 192 g/mol. The number of rotatable bonds is 1. The first-order valence-corrected chi connectivity index (χ1v) is 4.96. The molecule has 1 atom stereocenters. The van der Waals surface area contributed by atoms with Gasteiger partial charge in [-0.15, -0.1) is 0 Å². The Morgan fingerprint density at radius 1 is 1.60 bits per heavy atom. The zero-order valence-corrected chi connectivity index (χ0v) is 8.62. The topological polar surface area (TPSA) is 64.3 Å². The Balaban J connectivity index is 2.32. The summed E-state index contributed by atoms with van der Waals surface area (Å²) in [4.78, 5) is 11.0. The molecule has 0 aliphatic carbocycles. The normalized spacial score (nSPS) is 18.9. The molecule has 0 saturated heterocycles. The van der Waals surface area contributed by atoms with Crippen LogP contribution in [0.5, 0.6) is 5.75 Å². The second-order valence-corrected chi connectivity index (χ2v) is 3.69. The Morgan fingerprint density at radius 3 is 3.13 bits per heavy atom. The number of benzene rings is 1. The number of amides is 1. The highest BCUT2D eigenvalue weighted by molar-refractivity contribution is 5.73. The quantitative estimate of drug-likeness (QED) is 0.679. The molecule has 0 saturated carbocycles. The fourth-order valence-electron chi connectivity index (χ4n) is 1.81. The van der Waals surface area contributed by atoms with Gasteiger partial charge in [-0.1, -0.05) is 0 Å². The average molecular weight is 206 g/mol. The minimum atomic E-state index is -0.0322. The van der Waals surface area contributed by atoms with Gasteiger partial charge in [-0.25, -0.2) is 0 Å². The van der Waals surface area contributed by atoms with Gasteiger partial charge >= 0.3 is 0 Å². The molecular formula is C11H14N2O2. The second kappa shape index (κ2) is 3.81. The molecule has 1 heterocycles. The molecule has 1 aliphatic heterocycles. The lowest BCUT2D eigenvalue weighted by atomic mass is 10.00. The minimum absolute atomic E-state index is 0.0229. The van der Waals surface area contributed by atoms with Crippen molar-refractivity contribution in [1.29, 1.82) is 0 Å². The summed E-state index contributed by atoms with van der Waals surface area (Å²) in [5.41, 5.74) is 7.37. The first-order valence-electron chi connectivity index (χ1n) is 4.96. The van der Waals surface area contributed by atoms with Gasteiger partial charge in [-0.05, 0) is 18.2 Å². The highest BCUT2D eigenvalue weighted by atomic mass is 16.5. The number of nitrogen functional groups attached to an aromatic ring is 1. The standard InChI is InChI=1S/C11H14N2O2/c1-7(14)13-10-4-5-15-11-3-2-8(12)6-9(10)11/h2-3,6,10H,4-5,12H2,1H3,(H,13,14). The van der Waals surface area contributed by atoms with E-state index in [2.05, 4.69) is 5.32 Å². The highest BCUT2D eigenvalue weighted by Gasteiger charge is 2.21. The number of anilines is 1. The van der Waals surface area contributed by atoms with E-state index in [9.17, 15) is 4.79 Å². The molecule has 1 aromatic carbocycles. The van der Waals surface area contributed by atoms with Crippen molar-refractivity contribution < 1.29 is 9.53 Å². The maximum Gasteiger partial charge on any atom is 0.217 e. The summed E-state index contributed by atoms with van der Waals surface area (Å²) >= 11 is 0. The number of hydrogen-bond acceptors (Lipinski definition) is 3. The third-order valence-electron chi connectivity index (χ3n) is 2.45. The summed E-state index contributed by atoms with van der Waals surface area (Å²) in [6, 6.07) is 5.53. The molecule has 0 bridgehead atoms. The van der Waals surface area contributed by atoms with E-state index in [4.69, 9.17) is 10.5 Å². The molecule has 80 valence electrons. The van der Waals surface area contributed by atoms with Gasteiger partial charge in [0.2, 0.25) is 5.91 Å². The molecule has 2 rings (SSSR count). The van der Waals surface area contributed by atoms with Crippen LogP contribution in [0.2, 0.25) is 0 Å². The van der Waals surface area contributed by atoms with Crippen LogP contribution < -0.4 is 15.8 Å². The number of ether oxygens (including phenoxy) is 1. The van der Waals surface area contributed by atoms with Crippen LogP contribution >= 0.6 is 0 Å². The van der Waals surface area contributed by atoms with Gasteiger partial charge in [0.15, 0.2) is 0 Å². The Kier molecular flexibility index (Phi) is 2.49. The summed E-state index contributed by atoms with van der Waals surface area (Å²) < 4.78 is 5.48. The van der Waals surface area contributed by atoms with Crippen molar-refractivity contribution >= 4 is 11.6 Å². The SMILES string of the molecule is CC(=O)NC1CCOc2ccc(N)cc21. The minimum Gasteiger partial charge on any atom is -0.493 e. The van der Waals surface area contributed by atoms with Gasteiger partial charge in [0.1, 0.15) is 5.75 Å². The van der Waals surface area contributed by atoms with Crippen LogP contribution in [0.4, 0.5) is 5.69 Å². The molecule has 3 N–H and O–H groups in total. The maximum atomic E-state index is 11.0. The molecule has 0 aromatic heterocycles. The molecule has 0 spiro atoms. The second-order valence-electron chi connectivity index (χ2n) is 3.69. The number of nitrogens with two attached hydrogens (primary N) is 1. The largest absolute Gasteiger partial charge is 0.493 e. The number of carbonyl (C=O) groups is 1. The van der Waals surface area contributed by atoms with E-state index < -0.39 is 0 Å². The predicted octanol–water partition coefficient (Wildman–Crippen LogP) is 1.23. The highest BCUT2D eigenvalue weighted by Crippen LogP contribution is 2.33. The van der Waals surface area contributed by atoms with Gasteiger partial charge in [-0.2, -0.15) is 0 Å². The molecule has 4 nitrogen and oxygen atoms in total. The third-order valence-corrected chi connectivity index (χ3v) is 2.45. The van der Waals surface area contributed by atoms with Gasteiger partial charge in [0, 0.05) is 24.6 Å². The fourth-order valence-corrected chi connectivity index (χ4v) is 1.81. The van der Waals surface area contributed by atoms with E-state index in [0.29, 0.717) is 12.3 Å². The Labute approximate surface area is 88.4 Å². The van der Waals surface area contributed by atoms with Crippen LogP contribution in [0.3, 0.4) is 0 Å². The molecule has 0 fully saturated rings. The molecule has 1 unspecified atom stereocenters. The van der Waals surface area contributed by atoms with Crippen molar-refractivity contribution in [3.63, 3.8) is 0 Å². The van der Waals surface area contributed by atoms with Crippen LogP contribution in [-0.2, 0) is 4.79 Å². The average Bonchev–Trinajstić information content (AvgIpc) is 2.18. The van der Waals surface area contributed by atoms with Crippen molar-refractivity contribution in [1.82, 2.24) is 5.32 Å². The van der Waals surface area contributed by atoms with E-state index >= 15 is 0 Å². The summed E-state index contributed by atoms with van der Waals surface area (Å²) in [7, 11) is 0. The van der Waals surface area contributed by atoms with E-state index in [1.54, 1.807) is 6.07 Å². The Hall–Kier alpha value is -1.71. The monoisotopic (exact) mass is 206 g/mol. The van der Waals surface area contributed by atoms with E-state index in [-0.39, 0.29) is 11.9 Å². The predicted molar refractivity (Wildman–Crippen MR) is 57.5 cm³/mol. The van der Waals surface area contributed by atoms with Gasteiger partial charge in [0.05, 0.1) is 12.6 Å². The van der Waals surface area contributed by atoms with Gasteiger partial charge in [-0.3, -0.25) is 4.79 Å². The van der Waals surface area contributed by atoms with Crippen molar-refractivity contribution in [2.75, 3.05) is 12.3 Å². The van der Waals surface area contributed by atoms with Crippen molar-refractivity contribution in [2.45, 2.75) is 19.4 Å². The van der Waals surface area contributed by atoms with Gasteiger partial charge < -0.3 is 15.8 Å². The molecule has 1 amide bonds. The molecule has 0 radical (unpaired) electrons. The summed E-state index contributed by atoms with van der Waals surface area (Å²) in [6.45, 7) is 2.14. The molecule has 1 aromatic rings. The number of carbonyl (C=O) groups excluding carboxylic acids is 1. The first kappa shape index (κ1) is 9.83. The van der Waals surface area contributed by atoms with Crippen molar-refractivity contribution in [2.24, 2.45) is 0 Å². The van der Waals surface area contributed by atoms with Crippen LogP contribution in [0.25, 0.3) is 0 Å².